The largest absolute Gasteiger partial charge is 0.457 e. The van der Waals surface area contributed by atoms with E-state index in [0.29, 0.717) is 0 Å². The van der Waals surface area contributed by atoms with E-state index in [1.165, 1.54) is 0 Å². The number of hydrogen-bond acceptors (Lipinski definition) is 5. The first-order chi connectivity index (χ1) is 5.94. The molecule has 0 amide bonds. The molecule has 0 aliphatic heterocycles. The zero-order chi connectivity index (χ0) is 10.5. The van der Waals surface area contributed by atoms with Gasteiger partial charge in [-0.1, -0.05) is 13.5 Å². The van der Waals surface area contributed by atoms with Crippen molar-refractivity contribution in [2.24, 2.45) is 0 Å². The Bertz CT molecular complexity index is 187. The van der Waals surface area contributed by atoms with Gasteiger partial charge in [-0.05, 0) is 6.42 Å². The average Bonchev–Trinajstić information content (AvgIpc) is 2.12. The molecule has 0 aromatic carbocycles. The lowest BCUT2D eigenvalue weighted by molar-refractivity contribution is -0.248. The second-order valence-corrected chi connectivity index (χ2v) is 2.61. The summed E-state index contributed by atoms with van der Waals surface area (Å²) in [5.41, 5.74) is 0. The molecule has 0 fully saturated rings. The van der Waals surface area contributed by atoms with Crippen LogP contribution in [0.15, 0.2) is 12.7 Å². The number of carbonyl (C=O) groups is 1. The minimum absolute atomic E-state index is 0.151. The number of aliphatic hydroxyl groups excluding tert-OH is 1. The Hall–Kier alpha value is -0.910. The molecule has 13 heavy (non-hydrogen) atoms. The van der Waals surface area contributed by atoms with Crippen molar-refractivity contribution in [2.75, 3.05) is 6.61 Å². The Kier molecular flexibility index (Phi) is 4.61. The van der Waals surface area contributed by atoms with E-state index in [-0.39, 0.29) is 6.42 Å². The molecule has 5 heteroatoms. The molecule has 3 N–H and O–H groups in total. The fourth-order valence-corrected chi connectivity index (χ4v) is 0.659. The molecule has 0 radical (unpaired) electrons. The van der Waals surface area contributed by atoms with Crippen molar-refractivity contribution in [3.8, 4) is 0 Å². The van der Waals surface area contributed by atoms with E-state index in [2.05, 4.69) is 11.3 Å². The first kappa shape index (κ1) is 12.1. The fraction of sp³-hybridized carbons (Fsp3) is 0.625. The third-order valence-electron chi connectivity index (χ3n) is 1.51. The standard InChI is InChI=1S/C8H14O5/c1-3-6(9)8(11,12)5-13-7(10)4-2/h4,6,9,11-12H,2-3,5H2,1H3. The fourth-order valence-electron chi connectivity index (χ4n) is 0.659. The molecule has 0 aliphatic carbocycles. The molecule has 1 unspecified atom stereocenters. The van der Waals surface area contributed by atoms with Crippen molar-refractivity contribution in [2.45, 2.75) is 25.2 Å². The maximum Gasteiger partial charge on any atom is 0.330 e. The molecule has 0 bridgehead atoms. The van der Waals surface area contributed by atoms with Gasteiger partial charge in [0.1, 0.15) is 12.7 Å². The molecule has 0 heterocycles. The summed E-state index contributed by atoms with van der Waals surface area (Å²) in [6.45, 7) is 4.02. The molecule has 0 aromatic rings. The molecule has 0 saturated carbocycles. The quantitative estimate of drug-likeness (QED) is 0.299. The molecule has 76 valence electrons. The van der Waals surface area contributed by atoms with E-state index >= 15 is 0 Å². The van der Waals surface area contributed by atoms with Crippen molar-refractivity contribution in [3.05, 3.63) is 12.7 Å². The van der Waals surface area contributed by atoms with Crippen LogP contribution in [0.3, 0.4) is 0 Å². The Labute approximate surface area is 76.3 Å². The highest BCUT2D eigenvalue weighted by atomic mass is 16.6. The van der Waals surface area contributed by atoms with Crippen LogP contribution in [0.4, 0.5) is 0 Å². The summed E-state index contributed by atoms with van der Waals surface area (Å²) in [5, 5.41) is 27.3. The summed E-state index contributed by atoms with van der Waals surface area (Å²) < 4.78 is 4.36. The SMILES string of the molecule is C=CC(=O)OCC(O)(O)C(O)CC. The number of ether oxygens (including phenoxy) is 1. The highest BCUT2D eigenvalue weighted by molar-refractivity contribution is 5.81. The van der Waals surface area contributed by atoms with Gasteiger partial charge in [-0.15, -0.1) is 0 Å². The molecule has 0 saturated heterocycles. The smallest absolute Gasteiger partial charge is 0.330 e. The third kappa shape index (κ3) is 4.02. The Morgan fingerprint density at radius 1 is 1.69 bits per heavy atom. The lowest BCUT2D eigenvalue weighted by Gasteiger charge is -2.25. The predicted molar refractivity (Wildman–Crippen MR) is 44.6 cm³/mol. The first-order valence-corrected chi connectivity index (χ1v) is 3.86. The molecular weight excluding hydrogens is 176 g/mol. The van der Waals surface area contributed by atoms with Gasteiger partial charge in [0.05, 0.1) is 0 Å². The van der Waals surface area contributed by atoms with Crippen LogP contribution >= 0.6 is 0 Å². The van der Waals surface area contributed by atoms with Crippen molar-refractivity contribution in [1.82, 2.24) is 0 Å². The lowest BCUT2D eigenvalue weighted by atomic mass is 10.1. The maximum absolute atomic E-state index is 10.5. The molecule has 5 nitrogen and oxygen atoms in total. The van der Waals surface area contributed by atoms with Crippen LogP contribution in [-0.2, 0) is 9.53 Å². The monoisotopic (exact) mass is 190 g/mol. The zero-order valence-electron chi connectivity index (χ0n) is 7.43. The summed E-state index contributed by atoms with van der Waals surface area (Å²) in [7, 11) is 0. The highest BCUT2D eigenvalue weighted by Crippen LogP contribution is 2.10. The van der Waals surface area contributed by atoms with Crippen LogP contribution in [0, 0.1) is 0 Å². The molecule has 0 aliphatic rings. The Balaban J connectivity index is 4.02. The second kappa shape index (κ2) is 4.96. The topological polar surface area (TPSA) is 87.0 Å². The van der Waals surface area contributed by atoms with Gasteiger partial charge in [-0.25, -0.2) is 4.79 Å². The number of esters is 1. The molecule has 1 atom stereocenters. The lowest BCUT2D eigenvalue weighted by Crippen LogP contribution is -2.46. The summed E-state index contributed by atoms with van der Waals surface area (Å²) in [6, 6.07) is 0. The summed E-state index contributed by atoms with van der Waals surface area (Å²) >= 11 is 0. The number of hydrogen-bond donors (Lipinski definition) is 3. The van der Waals surface area contributed by atoms with Crippen molar-refractivity contribution >= 4 is 5.97 Å². The van der Waals surface area contributed by atoms with Crippen LogP contribution in [0.1, 0.15) is 13.3 Å². The van der Waals surface area contributed by atoms with Gasteiger partial charge in [0.15, 0.2) is 0 Å². The maximum atomic E-state index is 10.5. The Morgan fingerprint density at radius 2 is 2.23 bits per heavy atom. The van der Waals surface area contributed by atoms with E-state index in [0.717, 1.165) is 6.08 Å². The number of rotatable bonds is 5. The summed E-state index contributed by atoms with van der Waals surface area (Å²) in [5.74, 6) is -3.16. The summed E-state index contributed by atoms with van der Waals surface area (Å²) in [4.78, 5) is 10.5. The van der Waals surface area contributed by atoms with Gasteiger partial charge in [0.2, 0.25) is 5.79 Å². The number of carbonyl (C=O) groups excluding carboxylic acids is 1. The van der Waals surface area contributed by atoms with E-state index in [4.69, 9.17) is 15.3 Å². The van der Waals surface area contributed by atoms with Gasteiger partial charge in [-0.3, -0.25) is 0 Å². The molecule has 0 rings (SSSR count). The van der Waals surface area contributed by atoms with Crippen LogP contribution in [0.2, 0.25) is 0 Å². The first-order valence-electron chi connectivity index (χ1n) is 3.86. The van der Waals surface area contributed by atoms with Crippen molar-refractivity contribution in [1.29, 1.82) is 0 Å². The van der Waals surface area contributed by atoms with Crippen LogP contribution in [-0.4, -0.2) is 39.8 Å². The van der Waals surface area contributed by atoms with Gasteiger partial charge >= 0.3 is 5.97 Å². The minimum Gasteiger partial charge on any atom is -0.457 e. The van der Waals surface area contributed by atoms with Crippen LogP contribution < -0.4 is 0 Å². The normalized spacial score (nSPS) is 13.5. The zero-order valence-corrected chi connectivity index (χ0v) is 7.43. The van der Waals surface area contributed by atoms with Gasteiger partial charge in [-0.2, -0.15) is 0 Å². The third-order valence-corrected chi connectivity index (χ3v) is 1.51. The van der Waals surface area contributed by atoms with Crippen LogP contribution in [0.25, 0.3) is 0 Å². The van der Waals surface area contributed by atoms with Gasteiger partial charge in [0, 0.05) is 6.08 Å². The molecule has 0 aromatic heterocycles. The van der Waals surface area contributed by atoms with Crippen molar-refractivity contribution < 1.29 is 24.9 Å². The molecular formula is C8H14O5. The van der Waals surface area contributed by atoms with E-state index in [1.807, 2.05) is 0 Å². The Morgan fingerprint density at radius 3 is 2.62 bits per heavy atom. The van der Waals surface area contributed by atoms with Crippen molar-refractivity contribution in [3.63, 3.8) is 0 Å². The van der Waals surface area contributed by atoms with E-state index < -0.39 is 24.5 Å². The average molecular weight is 190 g/mol. The number of aliphatic hydroxyl groups is 3. The summed E-state index contributed by atoms with van der Waals surface area (Å²) in [6.07, 6.45) is -0.294. The minimum atomic E-state index is -2.40. The van der Waals surface area contributed by atoms with E-state index in [9.17, 15) is 4.79 Å². The van der Waals surface area contributed by atoms with Gasteiger partial charge < -0.3 is 20.1 Å². The molecule has 0 spiro atoms. The van der Waals surface area contributed by atoms with E-state index in [1.54, 1.807) is 6.92 Å². The predicted octanol–water partition coefficient (Wildman–Crippen LogP) is -0.833. The second-order valence-electron chi connectivity index (χ2n) is 2.61. The van der Waals surface area contributed by atoms with Crippen LogP contribution in [0.5, 0.6) is 0 Å². The highest BCUT2D eigenvalue weighted by Gasteiger charge is 2.33. The van der Waals surface area contributed by atoms with Gasteiger partial charge in [0.25, 0.3) is 0 Å².